The molecule has 1 aliphatic heterocycles. The van der Waals surface area contributed by atoms with Crippen molar-refractivity contribution < 1.29 is 4.79 Å². The molecule has 1 amide bonds. The molecule has 2 fully saturated rings. The average Bonchev–Trinajstić information content (AvgIpc) is 2.36. The highest BCUT2D eigenvalue weighted by atomic mass is 127. The Hall–Kier alpha value is 0.265. The number of hydrogen-bond donors (Lipinski definition) is 0. The summed E-state index contributed by atoms with van der Waals surface area (Å²) >= 11 is 2.43. The quantitative estimate of drug-likeness (QED) is 0.380. The summed E-state index contributed by atoms with van der Waals surface area (Å²) in [5.41, 5.74) is 0. The van der Waals surface area contributed by atoms with E-state index in [0.717, 1.165) is 38.6 Å². The second-order valence-electron chi connectivity index (χ2n) is 6.95. The summed E-state index contributed by atoms with van der Waals surface area (Å²) in [6.45, 7) is 5.23. The van der Waals surface area contributed by atoms with Crippen molar-refractivity contribution in [3.05, 3.63) is 0 Å². The zero-order chi connectivity index (χ0) is 14.8. The van der Waals surface area contributed by atoms with Gasteiger partial charge in [-0.2, -0.15) is 0 Å². The molecule has 3 unspecified atom stereocenters. The molecule has 2 radical (unpaired) electrons. The van der Waals surface area contributed by atoms with Gasteiger partial charge in [0.1, 0.15) is 0 Å². The number of hydrogen-bond acceptors (Lipinski definition) is 1. The summed E-state index contributed by atoms with van der Waals surface area (Å²) in [6.07, 6.45) is 9.12. The zero-order valence-corrected chi connectivity index (χ0v) is 15.1. The van der Waals surface area contributed by atoms with Crippen LogP contribution in [0.2, 0.25) is 0 Å². The number of fused-ring (bicyclic) bond motifs is 1. The van der Waals surface area contributed by atoms with E-state index in [1.54, 1.807) is 0 Å². The number of carbonyl (C=O) groups excluding carboxylic acids is 1. The van der Waals surface area contributed by atoms with Gasteiger partial charge >= 0.3 is 0 Å². The Morgan fingerprint density at radius 3 is 2.60 bits per heavy atom. The van der Waals surface area contributed by atoms with Crippen LogP contribution in [0.1, 0.15) is 65.2 Å². The molecule has 4 heteroatoms. The minimum absolute atomic E-state index is 0.0206. The van der Waals surface area contributed by atoms with Gasteiger partial charge in [0.2, 0.25) is 5.91 Å². The Labute approximate surface area is 139 Å². The number of rotatable bonds is 1. The van der Waals surface area contributed by atoms with Crippen LogP contribution in [0, 0.1) is 11.8 Å². The topological polar surface area (TPSA) is 20.3 Å². The third kappa shape index (κ3) is 4.14. The lowest BCUT2D eigenvalue weighted by atomic mass is 9.73. The number of alkyl halides is 1. The number of nitrogens with zero attached hydrogens (tertiary/aromatic N) is 1. The molecule has 1 heterocycles. The van der Waals surface area contributed by atoms with Crippen LogP contribution in [0.3, 0.4) is 0 Å². The third-order valence-electron chi connectivity index (χ3n) is 5.06. The summed E-state index contributed by atoms with van der Waals surface area (Å²) in [7, 11) is 6.34. The lowest BCUT2D eigenvalue weighted by Crippen LogP contribution is -2.48. The van der Waals surface area contributed by atoms with Crippen molar-refractivity contribution in [2.45, 2.75) is 74.6 Å². The highest BCUT2D eigenvalue weighted by molar-refractivity contribution is 14.1. The molecule has 1 saturated carbocycles. The van der Waals surface area contributed by atoms with Crippen LogP contribution in [-0.2, 0) is 4.79 Å². The van der Waals surface area contributed by atoms with Crippen LogP contribution < -0.4 is 0 Å². The van der Waals surface area contributed by atoms with Crippen molar-refractivity contribution >= 4 is 36.3 Å². The Morgan fingerprint density at radius 2 is 1.90 bits per heavy atom. The number of halogens is 1. The van der Waals surface area contributed by atoms with E-state index in [4.69, 9.17) is 7.85 Å². The van der Waals surface area contributed by atoms with Crippen LogP contribution in [0.25, 0.3) is 0 Å². The van der Waals surface area contributed by atoms with Gasteiger partial charge in [0.05, 0.1) is 7.85 Å². The first-order valence-electron chi connectivity index (χ1n) is 8.19. The maximum atomic E-state index is 12.7. The number of likely N-dealkylation sites (tertiary alicyclic amines) is 1. The first kappa shape index (κ1) is 16.6. The summed E-state index contributed by atoms with van der Waals surface area (Å²) in [5, 5.41) is 0. The highest BCUT2D eigenvalue weighted by Gasteiger charge is 2.37. The molecule has 0 bridgehead atoms. The molecule has 2 aliphatic rings. The van der Waals surface area contributed by atoms with Crippen molar-refractivity contribution in [2.75, 3.05) is 6.54 Å². The summed E-state index contributed by atoms with van der Waals surface area (Å²) in [4.78, 5) is 14.8. The molecule has 0 spiro atoms. The monoisotopic (exact) mass is 387 g/mol. The second-order valence-corrected chi connectivity index (χ2v) is 9.10. The van der Waals surface area contributed by atoms with Crippen LogP contribution in [0.5, 0.6) is 0 Å². The van der Waals surface area contributed by atoms with E-state index in [2.05, 4.69) is 41.3 Å². The van der Waals surface area contributed by atoms with Gasteiger partial charge in [0.15, 0.2) is 0 Å². The maximum Gasteiger partial charge on any atom is 0.226 e. The van der Waals surface area contributed by atoms with Gasteiger partial charge in [-0.1, -0.05) is 41.9 Å². The lowest BCUT2D eigenvalue weighted by Gasteiger charge is -2.41. The fraction of sp³-hybridized carbons (Fsp3) is 0.938. The van der Waals surface area contributed by atoms with Gasteiger partial charge in [0.25, 0.3) is 0 Å². The molecule has 0 aromatic rings. The first-order valence-corrected chi connectivity index (χ1v) is 9.27. The molecule has 2 nitrogen and oxygen atoms in total. The molecule has 1 saturated heterocycles. The molecule has 0 N–H and O–H groups in total. The van der Waals surface area contributed by atoms with E-state index in [1.807, 2.05) is 0 Å². The van der Waals surface area contributed by atoms with Crippen LogP contribution >= 0.6 is 22.6 Å². The van der Waals surface area contributed by atoms with Gasteiger partial charge in [-0.3, -0.25) is 4.79 Å². The van der Waals surface area contributed by atoms with E-state index >= 15 is 0 Å². The van der Waals surface area contributed by atoms with E-state index in [0.29, 0.717) is 17.9 Å². The predicted octanol–water partition coefficient (Wildman–Crippen LogP) is 3.90. The van der Waals surface area contributed by atoms with Crippen molar-refractivity contribution in [3.8, 4) is 0 Å². The van der Waals surface area contributed by atoms with Crippen LogP contribution in [0.4, 0.5) is 0 Å². The van der Waals surface area contributed by atoms with Crippen molar-refractivity contribution in [1.82, 2.24) is 4.90 Å². The Kier molecular flexibility index (Phi) is 5.84. The van der Waals surface area contributed by atoms with Crippen molar-refractivity contribution in [3.63, 3.8) is 0 Å². The molecule has 0 aromatic heterocycles. The zero-order valence-electron chi connectivity index (χ0n) is 12.9. The predicted molar refractivity (Wildman–Crippen MR) is 93.3 cm³/mol. The molecule has 0 aromatic carbocycles. The van der Waals surface area contributed by atoms with Crippen LogP contribution in [0.15, 0.2) is 0 Å². The second kappa shape index (κ2) is 7.02. The minimum atomic E-state index is -0.0206. The fourth-order valence-corrected chi connectivity index (χ4v) is 4.58. The normalized spacial score (nSPS) is 36.8. The molecule has 20 heavy (non-hydrogen) atoms. The van der Waals surface area contributed by atoms with Gasteiger partial charge < -0.3 is 4.90 Å². The van der Waals surface area contributed by atoms with Crippen LogP contribution in [-0.4, -0.2) is 34.6 Å². The van der Waals surface area contributed by atoms with E-state index in [-0.39, 0.29) is 9.24 Å². The summed E-state index contributed by atoms with van der Waals surface area (Å²) in [5.74, 6) is 1.30. The standard InChI is InChI=1S/C16H27BINO/c1-12(2)19-11-8-13-6-5-10-16(17,18)9-4-3-7-14(13)15(19)20/h12-14H,3-11H2,1-2H3. The minimum Gasteiger partial charge on any atom is -0.340 e. The summed E-state index contributed by atoms with van der Waals surface area (Å²) < 4.78 is -0.0206. The Morgan fingerprint density at radius 1 is 1.20 bits per heavy atom. The number of piperidine rings is 1. The number of amides is 1. The fourth-order valence-electron chi connectivity index (χ4n) is 3.81. The molecular weight excluding hydrogens is 360 g/mol. The molecular formula is C16H27BINO. The SMILES string of the molecule is [B]C1(I)CCCCC2C(=O)N(C(C)C)CCC2CCC1. The van der Waals surface area contributed by atoms with Gasteiger partial charge in [-0.05, 0) is 55.2 Å². The van der Waals surface area contributed by atoms with E-state index in [9.17, 15) is 4.79 Å². The van der Waals surface area contributed by atoms with E-state index < -0.39 is 0 Å². The molecule has 112 valence electrons. The largest absolute Gasteiger partial charge is 0.340 e. The Balaban J connectivity index is 2.03. The molecule has 2 rings (SSSR count). The molecule has 3 atom stereocenters. The third-order valence-corrected chi connectivity index (χ3v) is 6.14. The lowest BCUT2D eigenvalue weighted by molar-refractivity contribution is -0.143. The van der Waals surface area contributed by atoms with Gasteiger partial charge in [-0.25, -0.2) is 0 Å². The van der Waals surface area contributed by atoms with Gasteiger partial charge in [0, 0.05) is 18.5 Å². The van der Waals surface area contributed by atoms with E-state index in [1.165, 1.54) is 19.3 Å². The van der Waals surface area contributed by atoms with Crippen molar-refractivity contribution in [1.29, 1.82) is 0 Å². The molecule has 1 aliphatic carbocycles. The average molecular weight is 387 g/mol. The maximum absolute atomic E-state index is 12.7. The Bertz CT molecular complexity index is 345. The summed E-state index contributed by atoms with van der Waals surface area (Å²) in [6, 6.07) is 0.352. The van der Waals surface area contributed by atoms with Crippen molar-refractivity contribution in [2.24, 2.45) is 11.8 Å². The number of carbonyl (C=O) groups is 1. The highest BCUT2D eigenvalue weighted by Crippen LogP contribution is 2.37. The van der Waals surface area contributed by atoms with Gasteiger partial charge in [-0.15, -0.1) is 0 Å². The smallest absolute Gasteiger partial charge is 0.226 e. The first-order chi connectivity index (χ1) is 9.41.